The minimum absolute atomic E-state index is 0.0853. The van der Waals surface area contributed by atoms with Crippen molar-refractivity contribution in [1.82, 2.24) is 15.0 Å². The predicted octanol–water partition coefficient (Wildman–Crippen LogP) is 0.0329. The maximum absolute atomic E-state index is 8.45. The van der Waals surface area contributed by atoms with E-state index in [2.05, 4.69) is 26.2 Å². The number of rotatable bonds is 2. The van der Waals surface area contributed by atoms with Gasteiger partial charge in [-0.1, -0.05) is 5.21 Å². The van der Waals surface area contributed by atoms with Crippen molar-refractivity contribution in [2.75, 3.05) is 6.61 Å². The fraction of sp³-hybridized carbons (Fsp3) is 0.500. The number of hydrogen-bond acceptors (Lipinski definition) is 3. The Labute approximate surface area is 60.6 Å². The number of hydrogen-bond donors (Lipinski definition) is 1. The summed E-state index contributed by atoms with van der Waals surface area (Å²) in [5, 5.41) is 15.7. The highest BCUT2D eigenvalue weighted by molar-refractivity contribution is 9.10. The van der Waals surface area contributed by atoms with Crippen molar-refractivity contribution in [3.05, 3.63) is 10.8 Å². The monoisotopic (exact) mass is 191 g/mol. The van der Waals surface area contributed by atoms with Crippen molar-refractivity contribution in [2.24, 2.45) is 0 Å². The smallest absolute Gasteiger partial charge is 0.124 e. The molecule has 1 heterocycles. The van der Waals surface area contributed by atoms with Gasteiger partial charge in [-0.2, -0.15) is 0 Å². The maximum Gasteiger partial charge on any atom is 0.124 e. The van der Waals surface area contributed by atoms with Gasteiger partial charge in [0, 0.05) is 0 Å². The van der Waals surface area contributed by atoms with Crippen molar-refractivity contribution in [1.29, 1.82) is 0 Å². The molecular weight excluding hydrogens is 186 g/mol. The van der Waals surface area contributed by atoms with E-state index in [1.165, 1.54) is 0 Å². The number of aliphatic hydroxyl groups is 1. The van der Waals surface area contributed by atoms with E-state index >= 15 is 0 Å². The molecule has 1 aromatic heterocycles. The molecule has 1 rings (SSSR count). The molecule has 5 heteroatoms. The first-order valence-electron chi connectivity index (χ1n) is 2.49. The molecule has 1 N–H and O–H groups in total. The van der Waals surface area contributed by atoms with E-state index in [0.29, 0.717) is 6.54 Å². The van der Waals surface area contributed by atoms with Gasteiger partial charge in [0.25, 0.3) is 0 Å². The van der Waals surface area contributed by atoms with E-state index in [-0.39, 0.29) is 6.61 Å². The summed E-state index contributed by atoms with van der Waals surface area (Å²) >= 11 is 3.19. The lowest BCUT2D eigenvalue weighted by molar-refractivity contribution is 0.266. The Morgan fingerprint density at radius 1 is 1.78 bits per heavy atom. The van der Waals surface area contributed by atoms with E-state index in [4.69, 9.17) is 5.11 Å². The van der Waals surface area contributed by atoms with Crippen LogP contribution in [0.25, 0.3) is 0 Å². The number of aromatic nitrogens is 3. The number of halogens is 1. The molecule has 0 saturated carbocycles. The molecule has 0 fully saturated rings. The Balaban J connectivity index is 2.69. The van der Waals surface area contributed by atoms with Crippen LogP contribution < -0.4 is 0 Å². The van der Waals surface area contributed by atoms with Crippen LogP contribution in [-0.2, 0) is 6.54 Å². The summed E-state index contributed by atoms with van der Waals surface area (Å²) < 4.78 is 2.36. The maximum atomic E-state index is 8.45. The molecule has 0 amide bonds. The second kappa shape index (κ2) is 2.93. The van der Waals surface area contributed by atoms with Gasteiger partial charge >= 0.3 is 0 Å². The van der Waals surface area contributed by atoms with Crippen molar-refractivity contribution in [2.45, 2.75) is 6.54 Å². The number of nitrogens with zero attached hydrogens (tertiary/aromatic N) is 3. The fourth-order valence-corrected chi connectivity index (χ4v) is 0.831. The summed E-state index contributed by atoms with van der Waals surface area (Å²) in [4.78, 5) is 0. The second-order valence-electron chi connectivity index (χ2n) is 1.50. The van der Waals surface area contributed by atoms with Crippen LogP contribution in [0.3, 0.4) is 0 Å². The second-order valence-corrected chi connectivity index (χ2v) is 2.32. The van der Waals surface area contributed by atoms with Gasteiger partial charge in [-0.3, -0.25) is 0 Å². The van der Waals surface area contributed by atoms with Crippen LogP contribution in [0.1, 0.15) is 0 Å². The molecule has 0 bridgehead atoms. The molecule has 0 aliphatic heterocycles. The van der Waals surface area contributed by atoms with E-state index in [1.807, 2.05) is 0 Å². The highest BCUT2D eigenvalue weighted by Gasteiger charge is 1.95. The summed E-state index contributed by atoms with van der Waals surface area (Å²) in [5.41, 5.74) is 0. The standard InChI is InChI=1S/C4H6BrN3O/c5-4-3-6-7-8(4)1-2-9/h3,9H,1-2H2. The van der Waals surface area contributed by atoms with Gasteiger partial charge in [0.1, 0.15) is 4.60 Å². The molecule has 4 nitrogen and oxygen atoms in total. The summed E-state index contributed by atoms with van der Waals surface area (Å²) in [7, 11) is 0. The van der Waals surface area contributed by atoms with Gasteiger partial charge in [-0.05, 0) is 15.9 Å². The van der Waals surface area contributed by atoms with Gasteiger partial charge in [-0.15, -0.1) is 5.10 Å². The third-order valence-corrected chi connectivity index (χ3v) is 1.50. The van der Waals surface area contributed by atoms with Crippen LogP contribution in [0, 0.1) is 0 Å². The van der Waals surface area contributed by atoms with Gasteiger partial charge < -0.3 is 5.11 Å². The minimum atomic E-state index is 0.0853. The zero-order chi connectivity index (χ0) is 6.69. The molecule has 0 saturated heterocycles. The first-order chi connectivity index (χ1) is 4.34. The lowest BCUT2D eigenvalue weighted by Gasteiger charge is -1.94. The molecule has 0 atom stereocenters. The zero-order valence-electron chi connectivity index (χ0n) is 4.66. The summed E-state index contributed by atoms with van der Waals surface area (Å²) in [6.45, 7) is 0.572. The van der Waals surface area contributed by atoms with Gasteiger partial charge in [0.15, 0.2) is 0 Å². The van der Waals surface area contributed by atoms with Crippen LogP contribution in [0.4, 0.5) is 0 Å². The Morgan fingerprint density at radius 2 is 2.56 bits per heavy atom. The highest BCUT2D eigenvalue weighted by Crippen LogP contribution is 2.03. The van der Waals surface area contributed by atoms with Gasteiger partial charge in [-0.25, -0.2) is 4.68 Å². The third kappa shape index (κ3) is 1.49. The zero-order valence-corrected chi connectivity index (χ0v) is 6.24. The van der Waals surface area contributed by atoms with E-state index in [0.717, 1.165) is 4.60 Å². The summed E-state index contributed by atoms with van der Waals surface area (Å²) in [6.07, 6.45) is 1.58. The lowest BCUT2D eigenvalue weighted by Crippen LogP contribution is -2.03. The molecular formula is C4H6BrN3O. The molecule has 50 valence electrons. The fourth-order valence-electron chi connectivity index (χ4n) is 0.491. The quantitative estimate of drug-likeness (QED) is 0.719. The van der Waals surface area contributed by atoms with Crippen molar-refractivity contribution in [3.63, 3.8) is 0 Å². The molecule has 0 unspecified atom stereocenters. The molecule has 1 aromatic rings. The van der Waals surface area contributed by atoms with E-state index in [1.54, 1.807) is 10.9 Å². The van der Waals surface area contributed by atoms with Crippen molar-refractivity contribution >= 4 is 15.9 Å². The predicted molar refractivity (Wildman–Crippen MR) is 34.8 cm³/mol. The Bertz CT molecular complexity index is 188. The summed E-state index contributed by atoms with van der Waals surface area (Å²) in [6, 6.07) is 0. The van der Waals surface area contributed by atoms with Gasteiger partial charge in [0.2, 0.25) is 0 Å². The molecule has 0 aliphatic rings. The first-order valence-corrected chi connectivity index (χ1v) is 3.28. The average Bonchev–Trinajstić information content (AvgIpc) is 2.18. The lowest BCUT2D eigenvalue weighted by atomic mass is 10.7. The highest BCUT2D eigenvalue weighted by atomic mass is 79.9. The Hall–Kier alpha value is -0.420. The van der Waals surface area contributed by atoms with Crippen LogP contribution in [-0.4, -0.2) is 26.7 Å². The molecule has 0 aromatic carbocycles. The van der Waals surface area contributed by atoms with Crippen molar-refractivity contribution in [3.8, 4) is 0 Å². The van der Waals surface area contributed by atoms with Gasteiger partial charge in [0.05, 0.1) is 19.3 Å². The largest absolute Gasteiger partial charge is 0.394 e. The normalized spacial score (nSPS) is 10.0. The third-order valence-electron chi connectivity index (χ3n) is 0.882. The molecule has 0 spiro atoms. The summed E-state index contributed by atoms with van der Waals surface area (Å²) in [5.74, 6) is 0. The van der Waals surface area contributed by atoms with Crippen LogP contribution in [0.5, 0.6) is 0 Å². The SMILES string of the molecule is OCCn1nncc1Br. The van der Waals surface area contributed by atoms with Crippen LogP contribution in [0.15, 0.2) is 10.8 Å². The molecule has 0 aliphatic carbocycles. The Morgan fingerprint density at radius 3 is 3.00 bits per heavy atom. The Kier molecular flexibility index (Phi) is 2.18. The van der Waals surface area contributed by atoms with Crippen molar-refractivity contribution < 1.29 is 5.11 Å². The molecule has 9 heavy (non-hydrogen) atoms. The minimum Gasteiger partial charge on any atom is -0.394 e. The van der Waals surface area contributed by atoms with Crippen LogP contribution >= 0.6 is 15.9 Å². The van der Waals surface area contributed by atoms with Crippen LogP contribution in [0.2, 0.25) is 0 Å². The average molecular weight is 192 g/mol. The first kappa shape index (κ1) is 6.70. The number of aliphatic hydroxyl groups excluding tert-OH is 1. The van der Waals surface area contributed by atoms with E-state index < -0.39 is 0 Å². The topological polar surface area (TPSA) is 50.9 Å². The molecule has 0 radical (unpaired) electrons. The van der Waals surface area contributed by atoms with E-state index in [9.17, 15) is 0 Å².